The van der Waals surface area contributed by atoms with E-state index in [9.17, 15) is 14.7 Å². The number of hydrogen-bond acceptors (Lipinski definition) is 3. The molecule has 0 radical (unpaired) electrons. The fraction of sp³-hybridized carbons (Fsp3) is 0.273. The Hall–Kier alpha value is -1.88. The zero-order valence-electron chi connectivity index (χ0n) is 8.43. The Morgan fingerprint density at radius 2 is 2.12 bits per heavy atom. The van der Waals surface area contributed by atoms with Gasteiger partial charge in [0.25, 0.3) is 0 Å². The van der Waals surface area contributed by atoms with Gasteiger partial charge in [-0.15, -0.1) is 0 Å². The fourth-order valence-electron chi connectivity index (χ4n) is 1.79. The van der Waals surface area contributed by atoms with Crippen molar-refractivity contribution in [3.05, 3.63) is 29.3 Å². The van der Waals surface area contributed by atoms with E-state index in [0.29, 0.717) is 18.5 Å². The molecule has 1 aromatic rings. The third-order valence-electron chi connectivity index (χ3n) is 2.60. The minimum atomic E-state index is -1.60. The van der Waals surface area contributed by atoms with Gasteiger partial charge in [0.2, 0.25) is 5.91 Å². The van der Waals surface area contributed by atoms with E-state index in [4.69, 9.17) is 5.11 Å². The van der Waals surface area contributed by atoms with Gasteiger partial charge in [-0.25, -0.2) is 4.79 Å². The standard InChI is InChI=1S/C11H11NO4/c13-8-5-4-6-2-1-3-7(9(6)12-8)10(14)11(15)16/h1-3,10,14H,4-5H2,(H,12,13)(H,15,16). The van der Waals surface area contributed by atoms with Gasteiger partial charge >= 0.3 is 5.97 Å². The molecule has 1 aliphatic heterocycles. The van der Waals surface area contributed by atoms with Crippen molar-refractivity contribution in [3.63, 3.8) is 0 Å². The van der Waals surface area contributed by atoms with Crippen molar-refractivity contribution < 1.29 is 19.8 Å². The summed E-state index contributed by atoms with van der Waals surface area (Å²) < 4.78 is 0. The number of anilines is 1. The van der Waals surface area contributed by atoms with Gasteiger partial charge in [0.1, 0.15) is 0 Å². The first-order valence-electron chi connectivity index (χ1n) is 4.92. The Bertz CT molecular complexity index is 455. The van der Waals surface area contributed by atoms with Crippen molar-refractivity contribution in [2.75, 3.05) is 5.32 Å². The van der Waals surface area contributed by atoms with E-state index in [1.54, 1.807) is 6.07 Å². The van der Waals surface area contributed by atoms with E-state index in [0.717, 1.165) is 5.56 Å². The monoisotopic (exact) mass is 221 g/mol. The molecule has 0 bridgehead atoms. The maximum atomic E-state index is 11.2. The molecule has 0 aliphatic carbocycles. The van der Waals surface area contributed by atoms with Crippen LogP contribution in [0.25, 0.3) is 0 Å². The highest BCUT2D eigenvalue weighted by Crippen LogP contribution is 2.30. The topological polar surface area (TPSA) is 86.6 Å². The van der Waals surface area contributed by atoms with Crippen LogP contribution in [-0.4, -0.2) is 22.1 Å². The Morgan fingerprint density at radius 3 is 2.81 bits per heavy atom. The van der Waals surface area contributed by atoms with Crippen molar-refractivity contribution in [1.82, 2.24) is 0 Å². The quantitative estimate of drug-likeness (QED) is 0.685. The first kappa shape index (κ1) is 10.6. The molecule has 0 fully saturated rings. The molecule has 0 saturated heterocycles. The van der Waals surface area contributed by atoms with Crippen LogP contribution >= 0.6 is 0 Å². The number of aliphatic hydroxyl groups is 1. The van der Waals surface area contributed by atoms with Gasteiger partial charge in [0.05, 0.1) is 5.69 Å². The molecule has 3 N–H and O–H groups in total. The number of para-hydroxylation sites is 1. The molecule has 2 rings (SSSR count). The highest BCUT2D eigenvalue weighted by atomic mass is 16.4. The van der Waals surface area contributed by atoms with Gasteiger partial charge in [-0.05, 0) is 12.0 Å². The first-order valence-corrected chi connectivity index (χ1v) is 4.92. The maximum Gasteiger partial charge on any atom is 0.337 e. The van der Waals surface area contributed by atoms with E-state index in [1.807, 2.05) is 6.07 Å². The normalized spacial score (nSPS) is 16.2. The number of aryl methyl sites for hydroxylation is 1. The molecule has 16 heavy (non-hydrogen) atoms. The Morgan fingerprint density at radius 1 is 1.38 bits per heavy atom. The highest BCUT2D eigenvalue weighted by Gasteiger charge is 2.24. The summed E-state index contributed by atoms with van der Waals surface area (Å²) in [6, 6.07) is 4.99. The number of fused-ring (bicyclic) bond motifs is 1. The summed E-state index contributed by atoms with van der Waals surface area (Å²) in [5, 5.41) is 20.8. The van der Waals surface area contributed by atoms with Crippen LogP contribution in [0.5, 0.6) is 0 Å². The van der Waals surface area contributed by atoms with E-state index >= 15 is 0 Å². The molecule has 0 aromatic heterocycles. The summed E-state index contributed by atoms with van der Waals surface area (Å²) in [6.45, 7) is 0. The van der Waals surface area contributed by atoms with E-state index in [1.165, 1.54) is 6.07 Å². The molecular weight excluding hydrogens is 210 g/mol. The molecule has 84 valence electrons. The Labute approximate surface area is 91.7 Å². The molecule has 5 nitrogen and oxygen atoms in total. The summed E-state index contributed by atoms with van der Waals surface area (Å²) in [5.41, 5.74) is 1.53. The molecule has 1 amide bonds. The van der Waals surface area contributed by atoms with Crippen LogP contribution in [0.15, 0.2) is 18.2 Å². The van der Waals surface area contributed by atoms with Crippen LogP contribution < -0.4 is 5.32 Å². The minimum Gasteiger partial charge on any atom is -0.479 e. The number of hydrogen-bond donors (Lipinski definition) is 3. The van der Waals surface area contributed by atoms with Crippen molar-refractivity contribution in [1.29, 1.82) is 0 Å². The average molecular weight is 221 g/mol. The summed E-state index contributed by atoms with van der Waals surface area (Å²) in [6.07, 6.45) is -0.644. The summed E-state index contributed by atoms with van der Waals surface area (Å²) in [4.78, 5) is 21.9. The molecule has 1 aliphatic rings. The van der Waals surface area contributed by atoms with Crippen LogP contribution in [0.3, 0.4) is 0 Å². The number of aliphatic carboxylic acids is 1. The molecule has 0 spiro atoms. The number of aliphatic hydroxyl groups excluding tert-OH is 1. The van der Waals surface area contributed by atoms with Gasteiger partial charge in [-0.3, -0.25) is 4.79 Å². The molecule has 1 heterocycles. The summed E-state index contributed by atoms with van der Waals surface area (Å²) in [5.74, 6) is -1.48. The lowest BCUT2D eigenvalue weighted by Crippen LogP contribution is -2.22. The number of rotatable bonds is 2. The zero-order valence-corrected chi connectivity index (χ0v) is 8.43. The average Bonchev–Trinajstić information content (AvgIpc) is 2.27. The third kappa shape index (κ3) is 1.77. The fourth-order valence-corrected chi connectivity index (χ4v) is 1.79. The summed E-state index contributed by atoms with van der Waals surface area (Å²) >= 11 is 0. The van der Waals surface area contributed by atoms with Gasteiger partial charge in [-0.1, -0.05) is 18.2 Å². The number of carboxylic acids is 1. The number of benzene rings is 1. The summed E-state index contributed by atoms with van der Waals surface area (Å²) in [7, 11) is 0. The maximum absolute atomic E-state index is 11.2. The number of amides is 1. The predicted octanol–water partition coefficient (Wildman–Crippen LogP) is 0.689. The lowest BCUT2D eigenvalue weighted by atomic mass is 9.96. The second-order valence-corrected chi connectivity index (χ2v) is 3.67. The van der Waals surface area contributed by atoms with Crippen LogP contribution in [0.4, 0.5) is 5.69 Å². The smallest absolute Gasteiger partial charge is 0.337 e. The van der Waals surface area contributed by atoms with Crippen LogP contribution in [-0.2, 0) is 16.0 Å². The van der Waals surface area contributed by atoms with E-state index < -0.39 is 12.1 Å². The van der Waals surface area contributed by atoms with E-state index in [-0.39, 0.29) is 11.5 Å². The van der Waals surface area contributed by atoms with Crippen LogP contribution in [0.1, 0.15) is 23.7 Å². The lowest BCUT2D eigenvalue weighted by molar-refractivity contribution is -0.147. The first-order chi connectivity index (χ1) is 7.59. The number of carbonyl (C=O) groups excluding carboxylic acids is 1. The molecule has 1 atom stereocenters. The van der Waals surface area contributed by atoms with Crippen molar-refractivity contribution in [2.45, 2.75) is 18.9 Å². The van der Waals surface area contributed by atoms with Crippen LogP contribution in [0, 0.1) is 0 Å². The van der Waals surface area contributed by atoms with Crippen molar-refractivity contribution in [3.8, 4) is 0 Å². The van der Waals surface area contributed by atoms with Gasteiger partial charge in [0, 0.05) is 12.0 Å². The Kier molecular flexibility index (Phi) is 2.62. The number of carbonyl (C=O) groups is 2. The second-order valence-electron chi connectivity index (χ2n) is 3.67. The Balaban J connectivity index is 2.47. The molecule has 0 saturated carbocycles. The largest absolute Gasteiger partial charge is 0.479 e. The molecule has 1 aromatic carbocycles. The molecule has 5 heteroatoms. The van der Waals surface area contributed by atoms with E-state index in [2.05, 4.69) is 5.32 Å². The van der Waals surface area contributed by atoms with Gasteiger partial charge in [0.15, 0.2) is 6.10 Å². The van der Waals surface area contributed by atoms with Crippen molar-refractivity contribution in [2.24, 2.45) is 0 Å². The lowest BCUT2D eigenvalue weighted by Gasteiger charge is -2.21. The SMILES string of the molecule is O=C1CCc2cccc(C(O)C(=O)O)c2N1. The third-order valence-corrected chi connectivity index (χ3v) is 2.60. The predicted molar refractivity (Wildman–Crippen MR) is 56.0 cm³/mol. The molecule has 1 unspecified atom stereocenters. The van der Waals surface area contributed by atoms with Gasteiger partial charge < -0.3 is 15.5 Å². The number of carboxylic acid groups (broad SMARTS) is 1. The second kappa shape index (κ2) is 3.94. The molecular formula is C11H11NO4. The zero-order chi connectivity index (χ0) is 11.7. The van der Waals surface area contributed by atoms with Crippen molar-refractivity contribution >= 4 is 17.6 Å². The van der Waals surface area contributed by atoms with Crippen LogP contribution in [0.2, 0.25) is 0 Å². The number of nitrogens with one attached hydrogen (secondary N) is 1. The van der Waals surface area contributed by atoms with Gasteiger partial charge in [-0.2, -0.15) is 0 Å². The minimum absolute atomic E-state index is 0.155. The highest BCUT2D eigenvalue weighted by molar-refractivity contribution is 5.95.